The fraction of sp³-hybridized carbons (Fsp3) is 0.636. The van der Waals surface area contributed by atoms with E-state index in [4.69, 9.17) is 5.11 Å². The smallest absolute Gasteiger partial charge is 0.309 e. The van der Waals surface area contributed by atoms with Crippen LogP contribution in [0, 0.1) is 5.41 Å². The van der Waals surface area contributed by atoms with Gasteiger partial charge in [0.1, 0.15) is 0 Å². The number of aromatic nitrogens is 1. The van der Waals surface area contributed by atoms with Crippen LogP contribution in [0.2, 0.25) is 0 Å². The molecule has 0 aromatic carbocycles. The highest BCUT2D eigenvalue weighted by molar-refractivity contribution is 7.07. The van der Waals surface area contributed by atoms with Crippen LogP contribution in [0.25, 0.3) is 0 Å². The Hall–Kier alpha value is -0.940. The zero-order valence-corrected chi connectivity index (χ0v) is 10.8. The molecule has 0 atom stereocenters. The first-order valence-corrected chi connectivity index (χ1v) is 6.15. The monoisotopic (exact) mass is 242 g/mol. The Morgan fingerprint density at radius 2 is 2.31 bits per heavy atom. The fourth-order valence-corrected chi connectivity index (χ4v) is 1.80. The largest absolute Gasteiger partial charge is 0.481 e. The van der Waals surface area contributed by atoms with Crippen LogP contribution in [0.4, 0.5) is 0 Å². The molecule has 5 heteroatoms. The first-order chi connectivity index (χ1) is 7.42. The molecule has 0 amide bonds. The topological polar surface area (TPSA) is 53.4 Å². The predicted molar refractivity (Wildman–Crippen MR) is 64.5 cm³/mol. The van der Waals surface area contributed by atoms with Gasteiger partial charge in [0.25, 0.3) is 0 Å². The van der Waals surface area contributed by atoms with Gasteiger partial charge in [-0.05, 0) is 33.9 Å². The first-order valence-electron chi connectivity index (χ1n) is 5.21. The van der Waals surface area contributed by atoms with Gasteiger partial charge < -0.3 is 10.0 Å². The van der Waals surface area contributed by atoms with E-state index in [0.717, 1.165) is 18.8 Å². The maximum absolute atomic E-state index is 10.9. The SMILES string of the molecule is CN(CCC(C)(C)C(=O)O)Cc1cscn1. The van der Waals surface area contributed by atoms with Crippen molar-refractivity contribution in [2.75, 3.05) is 13.6 Å². The summed E-state index contributed by atoms with van der Waals surface area (Å²) in [6.45, 7) is 5.05. The Morgan fingerprint density at radius 1 is 1.62 bits per heavy atom. The Bertz CT molecular complexity index is 336. The molecule has 0 unspecified atom stereocenters. The summed E-state index contributed by atoms with van der Waals surface area (Å²) < 4.78 is 0. The molecule has 0 saturated heterocycles. The maximum Gasteiger partial charge on any atom is 0.309 e. The molecule has 0 radical (unpaired) electrons. The van der Waals surface area contributed by atoms with E-state index in [9.17, 15) is 4.79 Å². The molecule has 90 valence electrons. The maximum atomic E-state index is 10.9. The number of thiazole rings is 1. The number of carboxylic acids is 1. The number of rotatable bonds is 6. The first kappa shape index (κ1) is 13.1. The van der Waals surface area contributed by atoms with E-state index in [1.807, 2.05) is 17.9 Å². The Balaban J connectivity index is 2.35. The van der Waals surface area contributed by atoms with Gasteiger partial charge >= 0.3 is 5.97 Å². The molecular formula is C11H18N2O2S. The summed E-state index contributed by atoms with van der Waals surface area (Å²) in [5.41, 5.74) is 2.20. The van der Waals surface area contributed by atoms with Gasteiger partial charge in [0.2, 0.25) is 0 Å². The van der Waals surface area contributed by atoms with Crippen LogP contribution in [0.15, 0.2) is 10.9 Å². The van der Waals surface area contributed by atoms with Crippen molar-refractivity contribution in [3.05, 3.63) is 16.6 Å². The molecule has 0 bridgehead atoms. The molecule has 4 nitrogen and oxygen atoms in total. The fourth-order valence-electron chi connectivity index (χ4n) is 1.25. The summed E-state index contributed by atoms with van der Waals surface area (Å²) in [6, 6.07) is 0. The Kier molecular flexibility index (Phi) is 4.44. The lowest BCUT2D eigenvalue weighted by atomic mass is 9.89. The van der Waals surface area contributed by atoms with Gasteiger partial charge in [-0.2, -0.15) is 0 Å². The quantitative estimate of drug-likeness (QED) is 0.829. The molecule has 0 aliphatic rings. The summed E-state index contributed by atoms with van der Waals surface area (Å²) in [7, 11) is 1.98. The molecule has 1 aromatic heterocycles. The average Bonchev–Trinajstić information content (AvgIpc) is 2.67. The van der Waals surface area contributed by atoms with Crippen LogP contribution in [0.5, 0.6) is 0 Å². The van der Waals surface area contributed by atoms with Gasteiger partial charge in [-0.3, -0.25) is 4.79 Å². The van der Waals surface area contributed by atoms with Gasteiger partial charge in [0.15, 0.2) is 0 Å². The second kappa shape index (κ2) is 5.41. The van der Waals surface area contributed by atoms with Crippen molar-refractivity contribution in [3.63, 3.8) is 0 Å². The molecule has 0 spiro atoms. The van der Waals surface area contributed by atoms with Crippen LogP contribution in [-0.4, -0.2) is 34.6 Å². The van der Waals surface area contributed by atoms with Crippen LogP contribution >= 0.6 is 11.3 Å². The molecule has 1 heterocycles. The van der Waals surface area contributed by atoms with Crippen LogP contribution in [-0.2, 0) is 11.3 Å². The van der Waals surface area contributed by atoms with Crippen molar-refractivity contribution in [3.8, 4) is 0 Å². The Morgan fingerprint density at radius 3 is 2.81 bits per heavy atom. The minimum atomic E-state index is -0.741. The number of hydrogen-bond acceptors (Lipinski definition) is 4. The molecule has 0 fully saturated rings. The highest BCUT2D eigenvalue weighted by atomic mass is 32.1. The zero-order chi connectivity index (χ0) is 12.2. The lowest BCUT2D eigenvalue weighted by Gasteiger charge is -2.23. The van der Waals surface area contributed by atoms with Gasteiger partial charge in [-0.15, -0.1) is 11.3 Å². The minimum Gasteiger partial charge on any atom is -0.481 e. The van der Waals surface area contributed by atoms with Crippen molar-refractivity contribution >= 4 is 17.3 Å². The summed E-state index contributed by atoms with van der Waals surface area (Å²) in [6.07, 6.45) is 0.642. The van der Waals surface area contributed by atoms with Crippen LogP contribution in [0.3, 0.4) is 0 Å². The number of carboxylic acid groups (broad SMARTS) is 1. The van der Waals surface area contributed by atoms with E-state index in [0.29, 0.717) is 6.42 Å². The highest BCUT2D eigenvalue weighted by Gasteiger charge is 2.26. The number of hydrogen-bond donors (Lipinski definition) is 1. The summed E-state index contributed by atoms with van der Waals surface area (Å²) >= 11 is 1.58. The summed E-state index contributed by atoms with van der Waals surface area (Å²) in [5, 5.41) is 11.0. The van der Waals surface area contributed by atoms with Crippen LogP contribution < -0.4 is 0 Å². The van der Waals surface area contributed by atoms with E-state index >= 15 is 0 Å². The third-order valence-electron chi connectivity index (χ3n) is 2.61. The average molecular weight is 242 g/mol. The number of nitrogens with zero attached hydrogens (tertiary/aromatic N) is 2. The predicted octanol–water partition coefficient (Wildman–Crippen LogP) is 2.08. The normalized spacial score (nSPS) is 12.0. The Labute approximate surface area is 99.9 Å². The number of aliphatic carboxylic acids is 1. The second-order valence-electron chi connectivity index (χ2n) is 4.66. The molecule has 0 aliphatic carbocycles. The zero-order valence-electron chi connectivity index (χ0n) is 9.93. The van der Waals surface area contributed by atoms with Gasteiger partial charge in [0.05, 0.1) is 16.6 Å². The molecule has 1 N–H and O–H groups in total. The molecule has 1 aromatic rings. The third-order valence-corrected chi connectivity index (χ3v) is 3.25. The van der Waals surface area contributed by atoms with Crippen molar-refractivity contribution in [2.45, 2.75) is 26.8 Å². The lowest BCUT2D eigenvalue weighted by Crippen LogP contribution is -2.30. The standard InChI is InChI=1S/C11H18N2O2S/c1-11(2,10(14)15)4-5-13(3)6-9-7-16-8-12-9/h7-8H,4-6H2,1-3H3,(H,14,15). The van der Waals surface area contributed by atoms with E-state index in [2.05, 4.69) is 9.88 Å². The van der Waals surface area contributed by atoms with Gasteiger partial charge in [-0.25, -0.2) is 4.98 Å². The summed E-state index contributed by atoms with van der Waals surface area (Å²) in [5.74, 6) is -0.741. The molecular weight excluding hydrogens is 224 g/mol. The van der Waals surface area contributed by atoms with E-state index in [1.165, 1.54) is 0 Å². The van der Waals surface area contributed by atoms with Crippen LogP contribution in [0.1, 0.15) is 26.0 Å². The molecule has 16 heavy (non-hydrogen) atoms. The molecule has 1 rings (SSSR count). The van der Waals surface area contributed by atoms with Crippen molar-refractivity contribution in [2.24, 2.45) is 5.41 Å². The third kappa shape index (κ3) is 3.90. The van der Waals surface area contributed by atoms with E-state index in [1.54, 1.807) is 25.2 Å². The van der Waals surface area contributed by atoms with Crippen molar-refractivity contribution in [1.82, 2.24) is 9.88 Å². The number of carbonyl (C=O) groups is 1. The second-order valence-corrected chi connectivity index (χ2v) is 5.38. The molecule has 0 aliphatic heterocycles. The highest BCUT2D eigenvalue weighted by Crippen LogP contribution is 2.20. The summed E-state index contributed by atoms with van der Waals surface area (Å²) in [4.78, 5) is 17.2. The van der Waals surface area contributed by atoms with E-state index < -0.39 is 11.4 Å². The van der Waals surface area contributed by atoms with E-state index in [-0.39, 0.29) is 0 Å². The van der Waals surface area contributed by atoms with Gasteiger partial charge in [0, 0.05) is 11.9 Å². The van der Waals surface area contributed by atoms with Crippen molar-refractivity contribution < 1.29 is 9.90 Å². The van der Waals surface area contributed by atoms with Gasteiger partial charge in [-0.1, -0.05) is 0 Å². The van der Waals surface area contributed by atoms with Crippen molar-refractivity contribution in [1.29, 1.82) is 0 Å². The lowest BCUT2D eigenvalue weighted by molar-refractivity contribution is -0.147. The molecule has 0 saturated carbocycles. The minimum absolute atomic E-state index is 0.642.